The zero-order chi connectivity index (χ0) is 21.0. The molecule has 0 saturated heterocycles. The minimum absolute atomic E-state index is 0.120. The zero-order valence-electron chi connectivity index (χ0n) is 17.2. The maximum atomic E-state index is 12.7. The van der Waals surface area contributed by atoms with Gasteiger partial charge >= 0.3 is 5.69 Å². The summed E-state index contributed by atoms with van der Waals surface area (Å²) in [5, 5.41) is 19.6. The average molecular weight is 417 g/mol. The molecule has 1 amide bonds. The Morgan fingerprint density at radius 2 is 2.10 bits per heavy atom. The molecule has 2 aromatic rings. The number of unbranched alkanes of at least 4 members (excludes halogenated alkanes) is 1. The molecule has 8 nitrogen and oxygen atoms in total. The van der Waals surface area contributed by atoms with E-state index in [4.69, 9.17) is 0 Å². The molecule has 156 valence electrons. The van der Waals surface area contributed by atoms with Gasteiger partial charge in [-0.25, -0.2) is 9.89 Å². The van der Waals surface area contributed by atoms with Crippen LogP contribution in [0, 0.1) is 25.2 Å². The molecule has 0 aliphatic heterocycles. The largest absolute Gasteiger partial charge is 0.343 e. The Kier molecular flexibility index (Phi) is 6.85. The summed E-state index contributed by atoms with van der Waals surface area (Å²) in [5.74, 6) is 0.515. The third kappa shape index (κ3) is 4.42. The van der Waals surface area contributed by atoms with Crippen LogP contribution in [0.4, 0.5) is 5.82 Å². The second kappa shape index (κ2) is 9.35. The lowest BCUT2D eigenvalue weighted by Gasteiger charge is -2.19. The van der Waals surface area contributed by atoms with Gasteiger partial charge in [0.15, 0.2) is 5.16 Å². The lowest BCUT2D eigenvalue weighted by atomic mass is 10.2. The summed E-state index contributed by atoms with van der Waals surface area (Å²) in [6.07, 6.45) is 6.30. The molecule has 2 N–H and O–H groups in total. The predicted molar refractivity (Wildman–Crippen MR) is 113 cm³/mol. The van der Waals surface area contributed by atoms with E-state index in [0.29, 0.717) is 29.1 Å². The molecule has 9 heteroatoms. The summed E-state index contributed by atoms with van der Waals surface area (Å²) in [6, 6.07) is 2.58. The molecule has 0 spiro atoms. The number of anilines is 1. The number of aromatic nitrogens is 4. The summed E-state index contributed by atoms with van der Waals surface area (Å²) >= 11 is 1.22. The first-order chi connectivity index (χ1) is 14.0. The average Bonchev–Trinajstić information content (AvgIpc) is 3.39. The molecule has 0 atom stereocenters. The fourth-order valence-electron chi connectivity index (χ4n) is 3.93. The molecular formula is C20H28N6O2S. The number of nitrogens with one attached hydrogen (secondary N) is 2. The van der Waals surface area contributed by atoms with E-state index in [1.54, 1.807) is 4.57 Å². The third-order valence-corrected chi connectivity index (χ3v) is 6.58. The summed E-state index contributed by atoms with van der Waals surface area (Å²) in [5.41, 5.74) is 2.24. The van der Waals surface area contributed by atoms with Crippen LogP contribution in [0.2, 0.25) is 0 Å². The first kappa shape index (κ1) is 21.2. The minimum atomic E-state index is -0.255. The summed E-state index contributed by atoms with van der Waals surface area (Å²) in [7, 11) is 0. The second-order valence-electron chi connectivity index (χ2n) is 7.51. The highest BCUT2D eigenvalue weighted by atomic mass is 32.2. The number of rotatable bonds is 8. The molecule has 0 aromatic carbocycles. The van der Waals surface area contributed by atoms with Crippen LogP contribution in [0.3, 0.4) is 0 Å². The third-order valence-electron chi connectivity index (χ3n) is 5.61. The van der Waals surface area contributed by atoms with Crippen LogP contribution in [0.1, 0.15) is 68.3 Å². The van der Waals surface area contributed by atoms with Gasteiger partial charge in [-0.1, -0.05) is 37.9 Å². The molecule has 0 bridgehead atoms. The topological polar surface area (TPSA) is 108 Å². The van der Waals surface area contributed by atoms with Crippen LogP contribution in [0.5, 0.6) is 0 Å². The van der Waals surface area contributed by atoms with Crippen LogP contribution in [0.25, 0.3) is 0 Å². The number of carbonyl (C=O) groups excluding carboxylic acids is 1. The van der Waals surface area contributed by atoms with Crippen molar-refractivity contribution in [2.24, 2.45) is 0 Å². The van der Waals surface area contributed by atoms with E-state index in [1.165, 1.54) is 24.6 Å². The maximum Gasteiger partial charge on any atom is 0.343 e. The smallest absolute Gasteiger partial charge is 0.327 e. The van der Waals surface area contributed by atoms with Gasteiger partial charge in [-0.05, 0) is 38.7 Å². The van der Waals surface area contributed by atoms with Crippen molar-refractivity contribution in [3.8, 4) is 6.07 Å². The van der Waals surface area contributed by atoms with Gasteiger partial charge < -0.3 is 9.88 Å². The van der Waals surface area contributed by atoms with E-state index >= 15 is 0 Å². The highest BCUT2D eigenvalue weighted by Crippen LogP contribution is 2.37. The minimum Gasteiger partial charge on any atom is -0.327 e. The first-order valence-electron chi connectivity index (χ1n) is 10.2. The number of thioether (sulfide) groups is 1. The number of hydrogen-bond donors (Lipinski definition) is 2. The van der Waals surface area contributed by atoms with E-state index in [2.05, 4.69) is 33.1 Å². The number of hydrogen-bond acceptors (Lipinski definition) is 5. The number of nitriles is 1. The van der Waals surface area contributed by atoms with Crippen LogP contribution in [0.15, 0.2) is 9.95 Å². The molecule has 29 heavy (non-hydrogen) atoms. The van der Waals surface area contributed by atoms with Gasteiger partial charge in [-0.2, -0.15) is 5.26 Å². The van der Waals surface area contributed by atoms with Gasteiger partial charge in [0.05, 0.1) is 11.3 Å². The molecule has 3 rings (SSSR count). The maximum absolute atomic E-state index is 12.7. The van der Waals surface area contributed by atoms with Crippen molar-refractivity contribution in [2.75, 3.05) is 11.1 Å². The Labute approximate surface area is 174 Å². The zero-order valence-corrected chi connectivity index (χ0v) is 18.1. The van der Waals surface area contributed by atoms with E-state index in [9.17, 15) is 14.9 Å². The Bertz CT molecular complexity index is 974. The predicted octanol–water partition coefficient (Wildman–Crippen LogP) is 3.51. The van der Waals surface area contributed by atoms with E-state index in [1.807, 2.05) is 13.8 Å². The molecular weight excluding hydrogens is 388 g/mol. The van der Waals surface area contributed by atoms with E-state index in [-0.39, 0.29) is 17.3 Å². The normalized spacial score (nSPS) is 14.3. The van der Waals surface area contributed by atoms with Gasteiger partial charge in [0.2, 0.25) is 5.91 Å². The van der Waals surface area contributed by atoms with Crippen LogP contribution in [-0.2, 0) is 11.3 Å². The lowest BCUT2D eigenvalue weighted by Crippen LogP contribution is -2.21. The Morgan fingerprint density at radius 3 is 2.76 bits per heavy atom. The lowest BCUT2D eigenvalue weighted by molar-refractivity contribution is -0.113. The Balaban J connectivity index is 1.75. The number of nitrogens with zero attached hydrogens (tertiary/aromatic N) is 4. The molecule has 0 unspecified atom stereocenters. The Hall–Kier alpha value is -2.47. The molecule has 2 heterocycles. The number of carbonyl (C=O) groups is 1. The fraction of sp³-hybridized carbons (Fsp3) is 0.600. The van der Waals surface area contributed by atoms with Crippen molar-refractivity contribution in [1.82, 2.24) is 19.3 Å². The van der Waals surface area contributed by atoms with Gasteiger partial charge in [0.25, 0.3) is 0 Å². The van der Waals surface area contributed by atoms with Crippen molar-refractivity contribution >= 4 is 23.5 Å². The van der Waals surface area contributed by atoms with Crippen LogP contribution in [-0.4, -0.2) is 31.0 Å². The number of H-pyrrole nitrogens is 1. The van der Waals surface area contributed by atoms with Gasteiger partial charge in [-0.15, -0.1) is 5.10 Å². The summed E-state index contributed by atoms with van der Waals surface area (Å²) in [6.45, 7) is 6.58. The van der Waals surface area contributed by atoms with Gasteiger partial charge in [-0.3, -0.25) is 9.36 Å². The first-order valence-corrected chi connectivity index (χ1v) is 11.2. The second-order valence-corrected chi connectivity index (χ2v) is 8.45. The molecule has 1 fully saturated rings. The molecule has 0 radical (unpaired) electrons. The van der Waals surface area contributed by atoms with E-state index in [0.717, 1.165) is 36.9 Å². The highest BCUT2D eigenvalue weighted by Gasteiger charge is 2.26. The van der Waals surface area contributed by atoms with Crippen molar-refractivity contribution < 1.29 is 4.79 Å². The summed E-state index contributed by atoms with van der Waals surface area (Å²) < 4.78 is 3.70. The standard InChI is InChI=1S/C20H28N6O2S/c1-4-5-10-25-19(28)23-24-20(25)29-12-17(27)22-18-16(11-21)13(2)14(3)26(18)15-8-6-7-9-15/h15H,4-10,12H2,1-3H3,(H,22,27)(H,23,28). The summed E-state index contributed by atoms with van der Waals surface area (Å²) in [4.78, 5) is 24.6. The number of amides is 1. The van der Waals surface area contributed by atoms with Crippen molar-refractivity contribution in [2.45, 2.75) is 77.0 Å². The van der Waals surface area contributed by atoms with Crippen molar-refractivity contribution in [3.05, 3.63) is 27.3 Å². The van der Waals surface area contributed by atoms with Gasteiger partial charge in [0, 0.05) is 18.3 Å². The quantitative estimate of drug-likeness (QED) is 0.640. The van der Waals surface area contributed by atoms with Crippen LogP contribution >= 0.6 is 11.8 Å². The van der Waals surface area contributed by atoms with Crippen LogP contribution < -0.4 is 11.0 Å². The molecule has 1 aliphatic rings. The molecule has 1 saturated carbocycles. The van der Waals surface area contributed by atoms with Crippen molar-refractivity contribution in [1.29, 1.82) is 5.26 Å². The molecule has 1 aliphatic carbocycles. The fourth-order valence-corrected chi connectivity index (χ4v) is 4.70. The molecule has 2 aromatic heterocycles. The number of aromatic amines is 1. The highest BCUT2D eigenvalue weighted by molar-refractivity contribution is 7.99. The van der Waals surface area contributed by atoms with Crippen molar-refractivity contribution in [3.63, 3.8) is 0 Å². The monoisotopic (exact) mass is 416 g/mol. The van der Waals surface area contributed by atoms with E-state index < -0.39 is 0 Å². The van der Waals surface area contributed by atoms with Gasteiger partial charge in [0.1, 0.15) is 11.9 Å². The Morgan fingerprint density at radius 1 is 1.38 bits per heavy atom. The SMILES string of the molecule is CCCCn1c(SCC(=O)Nc2c(C#N)c(C)c(C)n2C2CCCC2)n[nH]c1=O.